The molecule has 1 aromatic carbocycles. The second kappa shape index (κ2) is 8.97. The molecule has 1 amide bonds. The van der Waals surface area contributed by atoms with Gasteiger partial charge >= 0.3 is 6.18 Å². The monoisotopic (exact) mass is 468 g/mol. The molecule has 4 rings (SSSR count). The number of hydrogen-bond acceptors (Lipinski definition) is 6. The zero-order chi connectivity index (χ0) is 24.5. The van der Waals surface area contributed by atoms with Crippen LogP contribution >= 0.6 is 0 Å². The molecule has 1 saturated heterocycles. The number of nitrogens with zero attached hydrogens (tertiary/aromatic N) is 6. The Morgan fingerprint density at radius 3 is 2.47 bits per heavy atom. The van der Waals surface area contributed by atoms with E-state index in [-0.39, 0.29) is 24.5 Å². The molecule has 1 fully saturated rings. The fraction of sp³-hybridized carbons (Fsp3) is 0.261. The maximum absolute atomic E-state index is 13.5. The van der Waals surface area contributed by atoms with Crippen molar-refractivity contribution in [3.8, 4) is 11.8 Å². The van der Waals surface area contributed by atoms with Gasteiger partial charge in [0.1, 0.15) is 11.9 Å². The van der Waals surface area contributed by atoms with E-state index in [0.717, 1.165) is 16.8 Å². The number of benzene rings is 1. The normalized spacial score (nSPS) is 14.1. The lowest BCUT2D eigenvalue weighted by molar-refractivity contribution is -0.137. The zero-order valence-corrected chi connectivity index (χ0v) is 18.1. The molecular weight excluding hydrogens is 449 g/mol. The molecule has 0 aliphatic carbocycles. The molecule has 34 heavy (non-hydrogen) atoms. The number of para-hydroxylation sites is 1. The number of hydrogen-bond donors (Lipinski definition) is 0. The van der Waals surface area contributed by atoms with Crippen LogP contribution < -0.4 is 10.3 Å². The molecule has 0 unspecified atom stereocenters. The van der Waals surface area contributed by atoms with Gasteiger partial charge in [0, 0.05) is 44.1 Å². The van der Waals surface area contributed by atoms with Gasteiger partial charge in [-0.1, -0.05) is 12.1 Å². The van der Waals surface area contributed by atoms with Gasteiger partial charge in [-0.15, -0.1) is 0 Å². The number of alkyl halides is 3. The first kappa shape index (κ1) is 23.0. The Morgan fingerprint density at radius 2 is 1.79 bits per heavy atom. The SMILES string of the molecule is Cc1cc(=O)c(C(=O)N2CCN(c3ncccc3C#N)CC2)nn1-c1ccccc1C(F)(F)F. The van der Waals surface area contributed by atoms with Crippen molar-refractivity contribution in [3.05, 3.63) is 81.4 Å². The van der Waals surface area contributed by atoms with Gasteiger partial charge in [-0.3, -0.25) is 9.59 Å². The third-order valence-corrected chi connectivity index (χ3v) is 5.52. The predicted octanol–water partition coefficient (Wildman–Crippen LogP) is 2.79. The lowest BCUT2D eigenvalue weighted by atomic mass is 10.1. The van der Waals surface area contributed by atoms with Crippen LogP contribution in [-0.4, -0.2) is 51.8 Å². The third kappa shape index (κ3) is 4.34. The number of aryl methyl sites for hydroxylation is 1. The van der Waals surface area contributed by atoms with Crippen LogP contribution in [0.15, 0.2) is 53.5 Å². The van der Waals surface area contributed by atoms with Gasteiger partial charge in [-0.25, -0.2) is 9.67 Å². The van der Waals surface area contributed by atoms with Crippen molar-refractivity contribution < 1.29 is 18.0 Å². The van der Waals surface area contributed by atoms with E-state index in [1.54, 1.807) is 18.3 Å². The quantitative estimate of drug-likeness (QED) is 0.587. The van der Waals surface area contributed by atoms with Crippen molar-refractivity contribution in [1.29, 1.82) is 5.26 Å². The Kier molecular flexibility index (Phi) is 6.06. The highest BCUT2D eigenvalue weighted by Crippen LogP contribution is 2.33. The molecule has 0 bridgehead atoms. The maximum Gasteiger partial charge on any atom is 0.418 e. The molecule has 11 heteroatoms. The predicted molar refractivity (Wildman–Crippen MR) is 117 cm³/mol. The van der Waals surface area contributed by atoms with Crippen molar-refractivity contribution >= 4 is 11.7 Å². The van der Waals surface area contributed by atoms with Gasteiger partial charge in [-0.2, -0.15) is 23.5 Å². The van der Waals surface area contributed by atoms with Crippen LogP contribution in [0, 0.1) is 18.3 Å². The first-order valence-corrected chi connectivity index (χ1v) is 10.4. The summed E-state index contributed by atoms with van der Waals surface area (Å²) in [6, 6.07) is 11.3. The zero-order valence-electron chi connectivity index (χ0n) is 18.1. The first-order chi connectivity index (χ1) is 16.2. The van der Waals surface area contributed by atoms with E-state index in [1.165, 1.54) is 30.0 Å². The second-order valence-corrected chi connectivity index (χ2v) is 7.69. The van der Waals surface area contributed by atoms with Gasteiger partial charge in [0.15, 0.2) is 5.69 Å². The summed E-state index contributed by atoms with van der Waals surface area (Å²) in [6.07, 6.45) is -3.06. The molecule has 0 saturated carbocycles. The van der Waals surface area contributed by atoms with Crippen molar-refractivity contribution in [3.63, 3.8) is 0 Å². The number of pyridine rings is 1. The lowest BCUT2D eigenvalue weighted by Gasteiger charge is -2.35. The minimum atomic E-state index is -4.64. The minimum absolute atomic E-state index is 0.169. The molecule has 0 atom stereocenters. The van der Waals surface area contributed by atoms with Gasteiger partial charge in [0.2, 0.25) is 5.43 Å². The summed E-state index contributed by atoms with van der Waals surface area (Å²) >= 11 is 0. The van der Waals surface area contributed by atoms with Crippen LogP contribution in [0.3, 0.4) is 0 Å². The van der Waals surface area contributed by atoms with Crippen molar-refractivity contribution in [2.75, 3.05) is 31.1 Å². The standard InChI is InChI=1S/C23H19F3N6O2/c1-15-13-19(33)20(29-32(15)18-7-3-2-6-17(18)23(24,25)26)22(34)31-11-9-30(10-12-31)21-16(14-27)5-4-8-28-21/h2-8,13H,9-12H2,1H3. The van der Waals surface area contributed by atoms with Crippen LogP contribution in [0.1, 0.15) is 27.3 Å². The van der Waals surface area contributed by atoms with E-state index in [2.05, 4.69) is 16.2 Å². The smallest absolute Gasteiger partial charge is 0.352 e. The van der Waals surface area contributed by atoms with E-state index in [9.17, 15) is 28.0 Å². The number of carbonyl (C=O) groups is 1. The summed E-state index contributed by atoms with van der Waals surface area (Å²) < 4.78 is 41.5. The van der Waals surface area contributed by atoms with Gasteiger partial charge in [0.25, 0.3) is 5.91 Å². The number of rotatable bonds is 3. The van der Waals surface area contributed by atoms with E-state index in [4.69, 9.17) is 0 Å². The van der Waals surface area contributed by atoms with Gasteiger partial charge < -0.3 is 9.80 Å². The van der Waals surface area contributed by atoms with Gasteiger partial charge in [-0.05, 0) is 31.2 Å². The van der Waals surface area contributed by atoms with Crippen LogP contribution in [-0.2, 0) is 6.18 Å². The highest BCUT2D eigenvalue weighted by molar-refractivity contribution is 5.92. The van der Waals surface area contributed by atoms with Crippen LogP contribution in [0.2, 0.25) is 0 Å². The molecule has 1 aliphatic heterocycles. The molecule has 3 heterocycles. The molecule has 1 aliphatic rings. The number of nitriles is 1. The van der Waals surface area contributed by atoms with E-state index < -0.39 is 28.8 Å². The lowest BCUT2D eigenvalue weighted by Crippen LogP contribution is -2.50. The van der Waals surface area contributed by atoms with Crippen LogP contribution in [0.4, 0.5) is 19.0 Å². The Labute approximate surface area is 192 Å². The Bertz CT molecular complexity index is 1340. The van der Waals surface area contributed by atoms with Gasteiger partial charge in [0.05, 0.1) is 16.8 Å². The van der Waals surface area contributed by atoms with E-state index >= 15 is 0 Å². The summed E-state index contributed by atoms with van der Waals surface area (Å²) in [4.78, 5) is 33.2. The second-order valence-electron chi connectivity index (χ2n) is 7.69. The van der Waals surface area contributed by atoms with Crippen LogP contribution in [0.25, 0.3) is 5.69 Å². The largest absolute Gasteiger partial charge is 0.418 e. The Balaban J connectivity index is 1.61. The molecule has 0 N–H and O–H groups in total. The van der Waals surface area contributed by atoms with Crippen molar-refractivity contribution in [2.24, 2.45) is 0 Å². The third-order valence-electron chi connectivity index (χ3n) is 5.52. The van der Waals surface area contributed by atoms with E-state index in [0.29, 0.717) is 24.5 Å². The number of aromatic nitrogens is 3. The van der Waals surface area contributed by atoms with E-state index in [1.807, 2.05) is 4.90 Å². The maximum atomic E-state index is 13.5. The average molecular weight is 468 g/mol. The van der Waals surface area contributed by atoms with Crippen LogP contribution in [0.5, 0.6) is 0 Å². The number of anilines is 1. The molecule has 3 aromatic rings. The fourth-order valence-corrected chi connectivity index (χ4v) is 3.84. The topological polar surface area (TPSA) is 95.1 Å². The molecule has 0 radical (unpaired) electrons. The summed E-state index contributed by atoms with van der Waals surface area (Å²) in [5, 5.41) is 13.3. The minimum Gasteiger partial charge on any atom is -0.352 e. The number of carbonyl (C=O) groups excluding carboxylic acids is 1. The molecule has 2 aromatic heterocycles. The van der Waals surface area contributed by atoms with Crippen molar-refractivity contribution in [2.45, 2.75) is 13.1 Å². The fourth-order valence-electron chi connectivity index (χ4n) is 3.84. The number of amides is 1. The molecular formula is C23H19F3N6O2. The first-order valence-electron chi connectivity index (χ1n) is 10.4. The Morgan fingerprint density at radius 1 is 1.09 bits per heavy atom. The average Bonchev–Trinajstić information content (AvgIpc) is 2.83. The molecule has 0 spiro atoms. The van der Waals surface area contributed by atoms with Crippen molar-refractivity contribution in [1.82, 2.24) is 19.7 Å². The summed E-state index contributed by atoms with van der Waals surface area (Å²) in [6.45, 7) is 2.65. The number of halogens is 3. The summed E-state index contributed by atoms with van der Waals surface area (Å²) in [5.74, 6) is -0.152. The Hall–Kier alpha value is -4.20. The highest BCUT2D eigenvalue weighted by Gasteiger charge is 2.34. The summed E-state index contributed by atoms with van der Waals surface area (Å²) in [7, 11) is 0. The molecule has 174 valence electrons. The summed E-state index contributed by atoms with van der Waals surface area (Å²) in [5.41, 5.74) is -1.74. The highest BCUT2D eigenvalue weighted by atomic mass is 19.4. The number of piperazine rings is 1. The molecule has 8 nitrogen and oxygen atoms in total.